The van der Waals surface area contributed by atoms with Gasteiger partial charge in [-0.1, -0.05) is 6.07 Å². The second-order valence-corrected chi connectivity index (χ2v) is 8.68. The molecule has 2 aliphatic rings. The number of likely N-dealkylation sites (tertiary alicyclic amines) is 1. The van der Waals surface area contributed by atoms with Crippen molar-refractivity contribution in [3.63, 3.8) is 0 Å². The molecule has 2 aliphatic heterocycles. The van der Waals surface area contributed by atoms with Gasteiger partial charge in [0.05, 0.1) is 44.6 Å². The number of carbonyl (C=O) groups is 1. The lowest BCUT2D eigenvalue weighted by Crippen LogP contribution is -2.41. The van der Waals surface area contributed by atoms with Gasteiger partial charge in [0, 0.05) is 36.4 Å². The van der Waals surface area contributed by atoms with Gasteiger partial charge in [0.15, 0.2) is 0 Å². The molecule has 0 aliphatic carbocycles. The van der Waals surface area contributed by atoms with Crippen LogP contribution in [0.1, 0.15) is 42.1 Å². The first-order valence-corrected chi connectivity index (χ1v) is 11.6. The van der Waals surface area contributed by atoms with Crippen molar-refractivity contribution in [2.45, 2.75) is 32.2 Å². The van der Waals surface area contributed by atoms with E-state index < -0.39 is 0 Å². The average Bonchev–Trinajstić information content (AvgIpc) is 3.30. The standard InChI is InChI=1S/C27H29N3O4/c1-18-16-29(17-28-18)24-9-6-19(14-26(24)33-3)13-20-5-4-11-30(27(20)31)23-10-12-34-25-15-21(32-2)7-8-22(23)25/h6-9,13-17,23H,4-5,10-12H2,1-3H3/t23-/m1/s1. The van der Waals surface area contributed by atoms with Crippen molar-refractivity contribution in [2.75, 3.05) is 27.4 Å². The summed E-state index contributed by atoms with van der Waals surface area (Å²) in [6, 6.07) is 11.9. The molecule has 5 rings (SSSR count). The smallest absolute Gasteiger partial charge is 0.250 e. The monoisotopic (exact) mass is 459 g/mol. The molecule has 0 bridgehead atoms. The zero-order chi connectivity index (χ0) is 23.7. The van der Waals surface area contributed by atoms with Crippen molar-refractivity contribution in [3.05, 3.63) is 71.3 Å². The molecule has 3 aromatic rings. The van der Waals surface area contributed by atoms with E-state index in [1.165, 1.54) is 0 Å². The van der Waals surface area contributed by atoms with Crippen LogP contribution in [0.3, 0.4) is 0 Å². The van der Waals surface area contributed by atoms with E-state index in [-0.39, 0.29) is 11.9 Å². The van der Waals surface area contributed by atoms with E-state index >= 15 is 0 Å². The first-order valence-electron chi connectivity index (χ1n) is 11.6. The van der Waals surface area contributed by atoms with E-state index in [1.807, 2.05) is 65.1 Å². The number of hydrogen-bond donors (Lipinski definition) is 0. The summed E-state index contributed by atoms with van der Waals surface area (Å²) >= 11 is 0. The largest absolute Gasteiger partial charge is 0.497 e. The molecule has 1 aromatic heterocycles. The third-order valence-corrected chi connectivity index (χ3v) is 6.52. The molecule has 176 valence electrons. The molecule has 0 unspecified atom stereocenters. The number of aromatic nitrogens is 2. The Kier molecular flexibility index (Phi) is 6.01. The number of fused-ring (bicyclic) bond motifs is 1. The summed E-state index contributed by atoms with van der Waals surface area (Å²) in [6.45, 7) is 3.28. The fourth-order valence-electron chi connectivity index (χ4n) is 4.82. The second kappa shape index (κ2) is 9.25. The number of amides is 1. The van der Waals surface area contributed by atoms with Crippen molar-refractivity contribution in [3.8, 4) is 22.9 Å². The fourth-order valence-corrected chi connectivity index (χ4v) is 4.82. The number of benzene rings is 2. The predicted molar refractivity (Wildman–Crippen MR) is 130 cm³/mol. The van der Waals surface area contributed by atoms with Gasteiger partial charge >= 0.3 is 0 Å². The zero-order valence-electron chi connectivity index (χ0n) is 19.8. The predicted octanol–water partition coefficient (Wildman–Crippen LogP) is 4.73. The number of carbonyl (C=O) groups excluding carboxylic acids is 1. The van der Waals surface area contributed by atoms with Gasteiger partial charge in [0.25, 0.3) is 0 Å². The number of hydrogen-bond acceptors (Lipinski definition) is 5. The lowest BCUT2D eigenvalue weighted by Gasteiger charge is -2.38. The van der Waals surface area contributed by atoms with Crippen LogP contribution in [-0.2, 0) is 4.79 Å². The van der Waals surface area contributed by atoms with E-state index in [2.05, 4.69) is 4.98 Å². The van der Waals surface area contributed by atoms with Crippen LogP contribution in [-0.4, -0.2) is 47.7 Å². The van der Waals surface area contributed by atoms with Gasteiger partial charge in [0.2, 0.25) is 5.91 Å². The van der Waals surface area contributed by atoms with Crippen molar-refractivity contribution in [1.29, 1.82) is 0 Å². The third kappa shape index (κ3) is 4.14. The van der Waals surface area contributed by atoms with Gasteiger partial charge in [-0.3, -0.25) is 4.79 Å². The van der Waals surface area contributed by atoms with Crippen LogP contribution < -0.4 is 14.2 Å². The molecule has 1 amide bonds. The summed E-state index contributed by atoms with van der Waals surface area (Å²) < 4.78 is 18.8. The van der Waals surface area contributed by atoms with E-state index in [0.717, 1.165) is 71.1 Å². The normalized spacial score (nSPS) is 19.0. The molecule has 0 N–H and O–H groups in total. The highest BCUT2D eigenvalue weighted by Crippen LogP contribution is 2.40. The fraction of sp³-hybridized carbons (Fsp3) is 0.333. The van der Waals surface area contributed by atoms with Crippen molar-refractivity contribution < 1.29 is 19.0 Å². The molecule has 0 spiro atoms. The van der Waals surface area contributed by atoms with Crippen molar-refractivity contribution in [1.82, 2.24) is 14.5 Å². The number of ether oxygens (including phenoxy) is 3. The topological polar surface area (TPSA) is 65.8 Å². The summed E-state index contributed by atoms with van der Waals surface area (Å²) in [4.78, 5) is 19.9. The lowest BCUT2D eigenvalue weighted by atomic mass is 9.93. The Labute approximate surface area is 199 Å². The molecule has 3 heterocycles. The van der Waals surface area contributed by atoms with Crippen LogP contribution in [0.5, 0.6) is 17.2 Å². The Bertz CT molecular complexity index is 1250. The minimum atomic E-state index is 0.00671. The number of aryl methyl sites for hydroxylation is 1. The van der Waals surface area contributed by atoms with E-state index in [1.54, 1.807) is 20.5 Å². The van der Waals surface area contributed by atoms with E-state index in [9.17, 15) is 4.79 Å². The highest BCUT2D eigenvalue weighted by molar-refractivity contribution is 5.99. The maximum Gasteiger partial charge on any atom is 0.250 e. The van der Waals surface area contributed by atoms with Crippen LogP contribution in [0.4, 0.5) is 0 Å². The Hall–Kier alpha value is -3.74. The maximum atomic E-state index is 13.6. The average molecular weight is 460 g/mol. The summed E-state index contributed by atoms with van der Waals surface area (Å²) in [5.74, 6) is 2.38. The first kappa shape index (κ1) is 22.1. The summed E-state index contributed by atoms with van der Waals surface area (Å²) in [6.07, 6.45) is 8.21. The van der Waals surface area contributed by atoms with Gasteiger partial charge in [-0.15, -0.1) is 0 Å². The van der Waals surface area contributed by atoms with E-state index in [4.69, 9.17) is 14.2 Å². The number of methoxy groups -OCH3 is 2. The third-order valence-electron chi connectivity index (χ3n) is 6.52. The number of nitrogens with zero attached hydrogens (tertiary/aromatic N) is 3. The van der Waals surface area contributed by atoms with Crippen LogP contribution in [0.15, 0.2) is 54.5 Å². The summed E-state index contributed by atoms with van der Waals surface area (Å²) in [5.41, 5.74) is 4.66. The summed E-state index contributed by atoms with van der Waals surface area (Å²) in [5, 5.41) is 0. The number of rotatable bonds is 5. The molecule has 1 saturated heterocycles. The van der Waals surface area contributed by atoms with Crippen LogP contribution in [0, 0.1) is 6.92 Å². The molecule has 0 radical (unpaired) electrons. The Morgan fingerprint density at radius 1 is 1.15 bits per heavy atom. The van der Waals surface area contributed by atoms with Crippen molar-refractivity contribution >= 4 is 12.0 Å². The molecular weight excluding hydrogens is 430 g/mol. The molecular formula is C27H29N3O4. The first-order chi connectivity index (χ1) is 16.6. The number of piperidine rings is 1. The molecule has 1 atom stereocenters. The Balaban J connectivity index is 1.42. The maximum absolute atomic E-state index is 13.6. The highest BCUT2D eigenvalue weighted by Gasteiger charge is 2.34. The summed E-state index contributed by atoms with van der Waals surface area (Å²) in [7, 11) is 3.30. The van der Waals surface area contributed by atoms with Crippen LogP contribution >= 0.6 is 0 Å². The van der Waals surface area contributed by atoms with Gasteiger partial charge in [0.1, 0.15) is 17.2 Å². The SMILES string of the molecule is COc1ccc2c(c1)OCC[C@H]2N1CCCC(=Cc2ccc(-n3cnc(C)c3)c(OC)c2)C1=O. The van der Waals surface area contributed by atoms with E-state index in [0.29, 0.717) is 6.61 Å². The van der Waals surface area contributed by atoms with Crippen LogP contribution in [0.25, 0.3) is 11.8 Å². The minimum Gasteiger partial charge on any atom is -0.497 e. The van der Waals surface area contributed by atoms with Gasteiger partial charge in [-0.2, -0.15) is 0 Å². The molecule has 7 heteroatoms. The van der Waals surface area contributed by atoms with Gasteiger partial charge < -0.3 is 23.7 Å². The highest BCUT2D eigenvalue weighted by atomic mass is 16.5. The molecule has 2 aromatic carbocycles. The van der Waals surface area contributed by atoms with Gasteiger partial charge in [-0.05, 0) is 55.7 Å². The minimum absolute atomic E-state index is 0.00671. The molecule has 0 saturated carbocycles. The Morgan fingerprint density at radius 3 is 2.79 bits per heavy atom. The lowest BCUT2D eigenvalue weighted by molar-refractivity contribution is -0.131. The second-order valence-electron chi connectivity index (χ2n) is 8.68. The molecule has 34 heavy (non-hydrogen) atoms. The number of imidazole rings is 1. The zero-order valence-corrected chi connectivity index (χ0v) is 19.8. The van der Waals surface area contributed by atoms with Gasteiger partial charge in [-0.25, -0.2) is 4.98 Å². The Morgan fingerprint density at radius 2 is 2.03 bits per heavy atom. The quantitative estimate of drug-likeness (QED) is 0.516. The van der Waals surface area contributed by atoms with Crippen molar-refractivity contribution in [2.24, 2.45) is 0 Å². The molecule has 7 nitrogen and oxygen atoms in total. The molecule has 1 fully saturated rings. The van der Waals surface area contributed by atoms with Crippen LogP contribution in [0.2, 0.25) is 0 Å².